The van der Waals surface area contributed by atoms with Gasteiger partial charge in [0.15, 0.2) is 0 Å². The van der Waals surface area contributed by atoms with E-state index in [1.165, 1.54) is 5.56 Å². The van der Waals surface area contributed by atoms with Crippen molar-refractivity contribution < 1.29 is 9.84 Å². The van der Waals surface area contributed by atoms with Gasteiger partial charge in [0.05, 0.1) is 6.10 Å². The van der Waals surface area contributed by atoms with Gasteiger partial charge in [-0.05, 0) is 42.0 Å². The molecule has 0 saturated carbocycles. The molecule has 0 unspecified atom stereocenters. The van der Waals surface area contributed by atoms with Crippen molar-refractivity contribution in [2.75, 3.05) is 12.4 Å². The van der Waals surface area contributed by atoms with Crippen molar-refractivity contribution in [3.8, 4) is 5.75 Å². The minimum Gasteiger partial charge on any atom is -0.491 e. The average Bonchev–Trinajstić information content (AvgIpc) is 2.49. The third-order valence-corrected chi connectivity index (χ3v) is 4.41. The summed E-state index contributed by atoms with van der Waals surface area (Å²) in [6.45, 7) is 0.273. The molecule has 0 amide bonds. The van der Waals surface area contributed by atoms with Gasteiger partial charge in [-0.1, -0.05) is 35.3 Å². The highest BCUT2D eigenvalue weighted by Gasteiger charge is 2.06. The summed E-state index contributed by atoms with van der Waals surface area (Å²) in [5.74, 6) is 2.17. The Labute approximate surface area is 139 Å². The SMILES string of the molecule is O[C@@H](COc1ccc(Cl)cc1)CSCc1ccc(Cl)cc1. The number of thioether (sulfide) groups is 1. The second-order valence-electron chi connectivity index (χ2n) is 4.56. The normalized spacial score (nSPS) is 12.1. The van der Waals surface area contributed by atoms with Gasteiger partial charge in [0.25, 0.3) is 0 Å². The fourth-order valence-electron chi connectivity index (χ4n) is 1.66. The van der Waals surface area contributed by atoms with Gasteiger partial charge < -0.3 is 9.84 Å². The highest BCUT2D eigenvalue weighted by Crippen LogP contribution is 2.18. The summed E-state index contributed by atoms with van der Waals surface area (Å²) in [5.41, 5.74) is 1.19. The predicted molar refractivity (Wildman–Crippen MR) is 90.6 cm³/mol. The molecule has 1 atom stereocenters. The Morgan fingerprint density at radius 2 is 1.52 bits per heavy atom. The minimum absolute atomic E-state index is 0.273. The van der Waals surface area contributed by atoms with E-state index in [-0.39, 0.29) is 6.61 Å². The largest absolute Gasteiger partial charge is 0.491 e. The Bertz CT molecular complexity index is 543. The maximum absolute atomic E-state index is 9.89. The Hall–Kier alpha value is -0.870. The van der Waals surface area contributed by atoms with Crippen molar-refractivity contribution in [3.05, 3.63) is 64.1 Å². The zero-order chi connectivity index (χ0) is 15.1. The number of ether oxygens (including phenoxy) is 1. The summed E-state index contributed by atoms with van der Waals surface area (Å²) >= 11 is 13.3. The van der Waals surface area contributed by atoms with Crippen LogP contribution in [0.2, 0.25) is 10.0 Å². The molecule has 0 heterocycles. The van der Waals surface area contributed by atoms with Gasteiger partial charge in [0.2, 0.25) is 0 Å². The number of aliphatic hydroxyl groups excluding tert-OH is 1. The van der Waals surface area contributed by atoms with Crippen LogP contribution in [0.15, 0.2) is 48.5 Å². The topological polar surface area (TPSA) is 29.5 Å². The molecule has 2 aromatic rings. The van der Waals surface area contributed by atoms with E-state index in [0.29, 0.717) is 16.5 Å². The zero-order valence-electron chi connectivity index (χ0n) is 11.3. The van der Waals surface area contributed by atoms with Gasteiger partial charge in [-0.25, -0.2) is 0 Å². The van der Waals surface area contributed by atoms with Gasteiger partial charge in [-0.3, -0.25) is 0 Å². The summed E-state index contributed by atoms with van der Waals surface area (Å²) in [4.78, 5) is 0. The molecule has 0 aliphatic carbocycles. The van der Waals surface area contributed by atoms with Crippen molar-refractivity contribution in [2.45, 2.75) is 11.9 Å². The maximum Gasteiger partial charge on any atom is 0.119 e. The molecule has 0 aromatic heterocycles. The molecule has 0 fully saturated rings. The zero-order valence-corrected chi connectivity index (χ0v) is 13.7. The Balaban J connectivity index is 1.66. The molecule has 21 heavy (non-hydrogen) atoms. The Kier molecular flexibility index (Phi) is 6.71. The van der Waals surface area contributed by atoms with Gasteiger partial charge in [0.1, 0.15) is 12.4 Å². The quantitative estimate of drug-likeness (QED) is 0.792. The van der Waals surface area contributed by atoms with Crippen LogP contribution >= 0.6 is 35.0 Å². The molecule has 2 rings (SSSR count). The lowest BCUT2D eigenvalue weighted by Gasteiger charge is -2.12. The second-order valence-corrected chi connectivity index (χ2v) is 6.46. The molecule has 0 aliphatic heterocycles. The standard InChI is InChI=1S/C16H16Cl2O2S/c17-13-3-1-12(2-4-13)10-21-11-15(19)9-20-16-7-5-14(18)6-8-16/h1-8,15,19H,9-11H2/t15-/m0/s1. The molecule has 0 bridgehead atoms. The van der Waals surface area contributed by atoms with Crippen LogP contribution in [-0.4, -0.2) is 23.6 Å². The van der Waals surface area contributed by atoms with Crippen LogP contribution in [0.5, 0.6) is 5.75 Å². The van der Waals surface area contributed by atoms with E-state index in [9.17, 15) is 5.11 Å². The lowest BCUT2D eigenvalue weighted by Crippen LogP contribution is -2.20. The number of rotatable bonds is 7. The van der Waals surface area contributed by atoms with E-state index < -0.39 is 6.10 Å². The lowest BCUT2D eigenvalue weighted by atomic mass is 10.2. The van der Waals surface area contributed by atoms with Crippen LogP contribution in [0.1, 0.15) is 5.56 Å². The smallest absolute Gasteiger partial charge is 0.119 e. The van der Waals surface area contributed by atoms with Crippen LogP contribution in [0.3, 0.4) is 0 Å². The van der Waals surface area contributed by atoms with Crippen molar-refractivity contribution in [2.24, 2.45) is 0 Å². The molecular weight excluding hydrogens is 327 g/mol. The summed E-state index contributed by atoms with van der Waals surface area (Å²) in [6, 6.07) is 14.8. The molecule has 0 saturated heterocycles. The van der Waals surface area contributed by atoms with Gasteiger partial charge in [-0.15, -0.1) is 0 Å². The molecule has 0 spiro atoms. The first-order valence-corrected chi connectivity index (χ1v) is 8.43. The molecule has 5 heteroatoms. The monoisotopic (exact) mass is 342 g/mol. The van der Waals surface area contributed by atoms with Crippen molar-refractivity contribution in [1.29, 1.82) is 0 Å². The van der Waals surface area contributed by atoms with E-state index in [2.05, 4.69) is 0 Å². The van der Waals surface area contributed by atoms with Gasteiger partial charge in [-0.2, -0.15) is 11.8 Å². The Morgan fingerprint density at radius 3 is 2.14 bits per heavy atom. The summed E-state index contributed by atoms with van der Waals surface area (Å²) in [5, 5.41) is 11.3. The molecule has 2 nitrogen and oxygen atoms in total. The van der Waals surface area contributed by atoms with E-state index >= 15 is 0 Å². The van der Waals surface area contributed by atoms with Crippen LogP contribution in [0.4, 0.5) is 0 Å². The summed E-state index contributed by atoms with van der Waals surface area (Å²) < 4.78 is 5.50. The van der Waals surface area contributed by atoms with E-state index in [4.69, 9.17) is 27.9 Å². The lowest BCUT2D eigenvalue weighted by molar-refractivity contribution is 0.126. The molecule has 112 valence electrons. The first-order valence-electron chi connectivity index (χ1n) is 6.52. The van der Waals surface area contributed by atoms with Crippen LogP contribution in [0, 0.1) is 0 Å². The molecule has 0 radical (unpaired) electrons. The number of hydrogen-bond donors (Lipinski definition) is 1. The van der Waals surface area contributed by atoms with Gasteiger partial charge in [0, 0.05) is 21.6 Å². The number of halogens is 2. The second kappa shape index (κ2) is 8.54. The molecule has 1 N–H and O–H groups in total. The van der Waals surface area contributed by atoms with Crippen molar-refractivity contribution >= 4 is 35.0 Å². The predicted octanol–water partition coefficient (Wildman–Crippen LogP) is 4.67. The van der Waals surface area contributed by atoms with Crippen LogP contribution in [-0.2, 0) is 5.75 Å². The fourth-order valence-corrected chi connectivity index (χ4v) is 2.83. The van der Waals surface area contributed by atoms with E-state index in [1.807, 2.05) is 24.3 Å². The van der Waals surface area contributed by atoms with E-state index in [1.54, 1.807) is 36.0 Å². The van der Waals surface area contributed by atoms with Crippen LogP contribution in [0.25, 0.3) is 0 Å². The van der Waals surface area contributed by atoms with E-state index in [0.717, 1.165) is 10.8 Å². The first-order chi connectivity index (χ1) is 10.1. The molecule has 0 aliphatic rings. The summed E-state index contributed by atoms with van der Waals surface area (Å²) in [7, 11) is 0. The number of hydrogen-bond acceptors (Lipinski definition) is 3. The Morgan fingerprint density at radius 1 is 0.952 bits per heavy atom. The van der Waals surface area contributed by atoms with Crippen molar-refractivity contribution in [1.82, 2.24) is 0 Å². The van der Waals surface area contributed by atoms with Crippen molar-refractivity contribution in [3.63, 3.8) is 0 Å². The van der Waals surface area contributed by atoms with Gasteiger partial charge >= 0.3 is 0 Å². The highest BCUT2D eigenvalue weighted by molar-refractivity contribution is 7.98. The third-order valence-electron chi connectivity index (χ3n) is 2.75. The maximum atomic E-state index is 9.89. The third kappa shape index (κ3) is 6.18. The fraction of sp³-hybridized carbons (Fsp3) is 0.250. The first kappa shape index (κ1) is 16.5. The molecule has 2 aromatic carbocycles. The highest BCUT2D eigenvalue weighted by atomic mass is 35.5. The summed E-state index contributed by atoms with van der Waals surface area (Å²) in [6.07, 6.45) is -0.502. The van der Waals surface area contributed by atoms with Crippen LogP contribution < -0.4 is 4.74 Å². The minimum atomic E-state index is -0.502. The number of aliphatic hydroxyl groups is 1. The molecular formula is C16H16Cl2O2S. The number of benzene rings is 2. The average molecular weight is 343 g/mol.